The number of aliphatic carboxylic acids is 1. The van der Waals surface area contributed by atoms with Crippen LogP contribution in [0.5, 0.6) is 0 Å². The lowest BCUT2D eigenvalue weighted by atomic mass is 10.2. The minimum absolute atomic E-state index is 0.590. The van der Waals surface area contributed by atoms with Gasteiger partial charge in [-0.3, -0.25) is 19.7 Å². The fourth-order valence-electron chi connectivity index (χ4n) is 0.671. The molecule has 0 saturated carbocycles. The SMILES string of the molecule is N[C@H](CO)C(=O)NC(=O)[C@H](N)CC(=O)O. The summed E-state index contributed by atoms with van der Waals surface area (Å²) in [5.41, 5.74) is 10.3. The molecular formula is C7H13N3O5. The second kappa shape index (κ2) is 6.06. The van der Waals surface area contributed by atoms with Crippen LogP contribution in [0.1, 0.15) is 6.42 Å². The summed E-state index contributed by atoms with van der Waals surface area (Å²) in [6.45, 7) is -0.618. The molecule has 86 valence electrons. The lowest BCUT2D eigenvalue weighted by molar-refractivity contribution is -0.140. The van der Waals surface area contributed by atoms with Gasteiger partial charge in [0.25, 0.3) is 0 Å². The Bertz CT molecular complexity index is 267. The molecule has 0 rings (SSSR count). The Balaban J connectivity index is 4.13. The number of nitrogens with one attached hydrogen (secondary N) is 1. The molecule has 0 unspecified atom stereocenters. The number of carbonyl (C=O) groups is 3. The number of carboxylic acid groups (broad SMARTS) is 1. The normalized spacial score (nSPS) is 14.1. The van der Waals surface area contributed by atoms with Gasteiger partial charge in [0.1, 0.15) is 6.04 Å². The van der Waals surface area contributed by atoms with Crippen molar-refractivity contribution in [3.63, 3.8) is 0 Å². The highest BCUT2D eigenvalue weighted by molar-refractivity contribution is 6.00. The highest BCUT2D eigenvalue weighted by Crippen LogP contribution is 1.89. The summed E-state index contributed by atoms with van der Waals surface area (Å²) in [4.78, 5) is 32.2. The summed E-state index contributed by atoms with van der Waals surface area (Å²) < 4.78 is 0. The van der Waals surface area contributed by atoms with Crippen LogP contribution in [0, 0.1) is 0 Å². The van der Waals surface area contributed by atoms with Crippen molar-refractivity contribution in [2.45, 2.75) is 18.5 Å². The van der Waals surface area contributed by atoms with Crippen LogP contribution < -0.4 is 16.8 Å². The number of hydrogen-bond donors (Lipinski definition) is 5. The topological polar surface area (TPSA) is 156 Å². The maximum absolute atomic E-state index is 11.1. The van der Waals surface area contributed by atoms with Crippen LogP contribution in [0.3, 0.4) is 0 Å². The lowest BCUT2D eigenvalue weighted by Gasteiger charge is -2.11. The summed E-state index contributed by atoms with van der Waals surface area (Å²) in [6, 6.07) is -2.55. The first-order valence-electron chi connectivity index (χ1n) is 4.07. The van der Waals surface area contributed by atoms with E-state index in [2.05, 4.69) is 0 Å². The van der Waals surface area contributed by atoms with Crippen LogP contribution in [0.4, 0.5) is 0 Å². The Morgan fingerprint density at radius 3 is 2.00 bits per heavy atom. The number of carboxylic acids is 1. The van der Waals surface area contributed by atoms with E-state index >= 15 is 0 Å². The van der Waals surface area contributed by atoms with E-state index in [-0.39, 0.29) is 0 Å². The van der Waals surface area contributed by atoms with E-state index in [9.17, 15) is 14.4 Å². The van der Waals surface area contributed by atoms with Gasteiger partial charge in [0, 0.05) is 0 Å². The number of aliphatic hydroxyl groups is 1. The molecule has 8 nitrogen and oxygen atoms in total. The number of aliphatic hydroxyl groups excluding tert-OH is 1. The summed E-state index contributed by atoms with van der Waals surface area (Å²) in [6.07, 6.45) is -0.590. The number of hydrogen-bond acceptors (Lipinski definition) is 6. The standard InChI is InChI=1S/C7H13N3O5/c8-3(1-5(12)13)6(14)10-7(15)4(9)2-11/h3-4,11H,1-2,8-9H2,(H,12,13)(H,10,14,15)/t3-,4-/m1/s1. The van der Waals surface area contributed by atoms with Crippen molar-refractivity contribution in [1.29, 1.82) is 0 Å². The van der Waals surface area contributed by atoms with Crippen LogP contribution in [0.15, 0.2) is 0 Å². The average molecular weight is 219 g/mol. The maximum atomic E-state index is 11.1. The smallest absolute Gasteiger partial charge is 0.305 e. The molecular weight excluding hydrogens is 206 g/mol. The molecule has 0 aromatic rings. The van der Waals surface area contributed by atoms with E-state index in [1.165, 1.54) is 0 Å². The van der Waals surface area contributed by atoms with Crippen molar-refractivity contribution in [3.05, 3.63) is 0 Å². The summed E-state index contributed by atoms with van der Waals surface area (Å²) in [5, 5.41) is 18.6. The molecule has 0 aliphatic heterocycles. The molecule has 0 heterocycles. The van der Waals surface area contributed by atoms with Gasteiger partial charge in [0.2, 0.25) is 11.8 Å². The first-order valence-corrected chi connectivity index (χ1v) is 4.07. The third kappa shape index (κ3) is 5.05. The van der Waals surface area contributed by atoms with E-state index < -0.39 is 42.9 Å². The number of nitrogens with two attached hydrogens (primary N) is 2. The molecule has 15 heavy (non-hydrogen) atoms. The van der Waals surface area contributed by atoms with Gasteiger partial charge >= 0.3 is 5.97 Å². The Labute approximate surface area is 85.2 Å². The zero-order valence-corrected chi connectivity index (χ0v) is 7.84. The average Bonchev–Trinajstić information content (AvgIpc) is 2.15. The summed E-state index contributed by atoms with van der Waals surface area (Å²) >= 11 is 0. The molecule has 0 aliphatic rings. The van der Waals surface area contributed by atoms with Gasteiger partial charge in [-0.25, -0.2) is 0 Å². The van der Waals surface area contributed by atoms with Gasteiger partial charge in [0.15, 0.2) is 0 Å². The van der Waals surface area contributed by atoms with E-state index in [1.54, 1.807) is 5.32 Å². The predicted octanol–water partition coefficient (Wildman–Crippen LogP) is -3.25. The molecule has 0 radical (unpaired) electrons. The van der Waals surface area contributed by atoms with Gasteiger partial charge < -0.3 is 21.7 Å². The largest absolute Gasteiger partial charge is 0.481 e. The maximum Gasteiger partial charge on any atom is 0.305 e. The Morgan fingerprint density at radius 1 is 1.13 bits per heavy atom. The number of amides is 2. The molecule has 0 fully saturated rings. The number of imide groups is 1. The minimum atomic E-state index is -1.32. The van der Waals surface area contributed by atoms with Gasteiger partial charge in [-0.2, -0.15) is 0 Å². The monoisotopic (exact) mass is 219 g/mol. The van der Waals surface area contributed by atoms with Crippen LogP contribution in [-0.4, -0.2) is 46.7 Å². The number of carbonyl (C=O) groups excluding carboxylic acids is 2. The summed E-state index contributed by atoms with van der Waals surface area (Å²) in [5.74, 6) is -3.09. The molecule has 0 aliphatic carbocycles. The Kier molecular flexibility index (Phi) is 5.45. The molecule has 8 heteroatoms. The zero-order valence-electron chi connectivity index (χ0n) is 7.84. The third-order valence-corrected chi connectivity index (χ3v) is 1.51. The molecule has 0 aromatic heterocycles. The van der Waals surface area contributed by atoms with E-state index in [4.69, 9.17) is 21.7 Å². The van der Waals surface area contributed by atoms with E-state index in [0.29, 0.717) is 0 Å². The molecule has 0 aromatic carbocycles. The lowest BCUT2D eigenvalue weighted by Crippen LogP contribution is -2.50. The fourth-order valence-corrected chi connectivity index (χ4v) is 0.671. The van der Waals surface area contributed by atoms with Gasteiger partial charge in [-0.1, -0.05) is 0 Å². The van der Waals surface area contributed by atoms with Crippen molar-refractivity contribution in [2.75, 3.05) is 6.61 Å². The van der Waals surface area contributed by atoms with Crippen LogP contribution in [-0.2, 0) is 14.4 Å². The zero-order chi connectivity index (χ0) is 12.0. The van der Waals surface area contributed by atoms with Crippen molar-refractivity contribution in [1.82, 2.24) is 5.32 Å². The van der Waals surface area contributed by atoms with Crippen LogP contribution >= 0.6 is 0 Å². The summed E-state index contributed by atoms with van der Waals surface area (Å²) in [7, 11) is 0. The van der Waals surface area contributed by atoms with Crippen LogP contribution in [0.2, 0.25) is 0 Å². The van der Waals surface area contributed by atoms with Crippen molar-refractivity contribution in [3.8, 4) is 0 Å². The minimum Gasteiger partial charge on any atom is -0.481 e. The van der Waals surface area contributed by atoms with Gasteiger partial charge in [-0.15, -0.1) is 0 Å². The molecule has 7 N–H and O–H groups in total. The first kappa shape index (κ1) is 13.5. The first-order chi connectivity index (χ1) is 6.88. The van der Waals surface area contributed by atoms with E-state index in [0.717, 1.165) is 0 Å². The molecule has 0 saturated heterocycles. The molecule has 0 bridgehead atoms. The molecule has 2 atom stereocenters. The Morgan fingerprint density at radius 2 is 1.60 bits per heavy atom. The quantitative estimate of drug-likeness (QED) is 0.325. The highest BCUT2D eigenvalue weighted by Gasteiger charge is 2.21. The molecule has 2 amide bonds. The van der Waals surface area contributed by atoms with Crippen molar-refractivity contribution < 1.29 is 24.6 Å². The number of rotatable bonds is 5. The predicted molar refractivity (Wildman–Crippen MR) is 48.4 cm³/mol. The highest BCUT2D eigenvalue weighted by atomic mass is 16.4. The van der Waals surface area contributed by atoms with Crippen molar-refractivity contribution in [2.24, 2.45) is 11.5 Å². The second-order valence-corrected chi connectivity index (χ2v) is 2.85. The fraction of sp³-hybridized carbons (Fsp3) is 0.571. The van der Waals surface area contributed by atoms with E-state index in [1.807, 2.05) is 0 Å². The Hall–Kier alpha value is -1.51. The molecule has 0 spiro atoms. The third-order valence-electron chi connectivity index (χ3n) is 1.51. The van der Waals surface area contributed by atoms with Gasteiger partial charge in [-0.05, 0) is 0 Å². The van der Waals surface area contributed by atoms with Gasteiger partial charge in [0.05, 0.1) is 19.1 Å². The second-order valence-electron chi connectivity index (χ2n) is 2.85. The van der Waals surface area contributed by atoms with Crippen LogP contribution in [0.25, 0.3) is 0 Å². The van der Waals surface area contributed by atoms with Crippen molar-refractivity contribution >= 4 is 17.8 Å².